The van der Waals surface area contributed by atoms with Crippen LogP contribution in [0, 0.1) is 0 Å². The van der Waals surface area contributed by atoms with E-state index in [9.17, 15) is 4.79 Å². The van der Waals surface area contributed by atoms with E-state index in [1.165, 1.54) is 6.20 Å². The Morgan fingerprint density at radius 3 is 3.06 bits per heavy atom. The number of rotatable bonds is 3. The van der Waals surface area contributed by atoms with Crippen LogP contribution in [0.2, 0.25) is 5.02 Å². The highest BCUT2D eigenvalue weighted by atomic mass is 35.5. The van der Waals surface area contributed by atoms with E-state index >= 15 is 0 Å². The highest BCUT2D eigenvalue weighted by molar-refractivity contribution is 6.33. The van der Waals surface area contributed by atoms with Gasteiger partial charge in [-0.15, -0.1) is 0 Å². The highest BCUT2D eigenvalue weighted by Crippen LogP contribution is 2.22. The van der Waals surface area contributed by atoms with E-state index in [1.54, 1.807) is 16.9 Å². The molecule has 2 heterocycles. The zero-order valence-electron chi connectivity index (χ0n) is 8.59. The first-order valence-electron chi connectivity index (χ1n) is 4.78. The Morgan fingerprint density at radius 1 is 1.62 bits per heavy atom. The van der Waals surface area contributed by atoms with Crippen LogP contribution in [-0.4, -0.2) is 25.4 Å². The number of aromatic nitrogens is 3. The summed E-state index contributed by atoms with van der Waals surface area (Å²) in [6, 6.07) is 0. The minimum atomic E-state index is -0.836. The van der Waals surface area contributed by atoms with Gasteiger partial charge in [-0.1, -0.05) is 18.5 Å². The molecule has 0 bridgehead atoms. The van der Waals surface area contributed by atoms with Crippen LogP contribution >= 0.6 is 11.6 Å². The fourth-order valence-electron chi connectivity index (χ4n) is 1.63. The van der Waals surface area contributed by atoms with E-state index in [2.05, 4.69) is 9.97 Å². The first-order valence-corrected chi connectivity index (χ1v) is 5.15. The second-order valence-corrected chi connectivity index (χ2v) is 4.02. The maximum atomic E-state index is 10.6. The molecule has 0 radical (unpaired) electrons. The molecule has 0 saturated heterocycles. The molecule has 0 amide bonds. The van der Waals surface area contributed by atoms with Crippen molar-refractivity contribution in [3.8, 4) is 0 Å². The van der Waals surface area contributed by atoms with E-state index in [0.29, 0.717) is 10.7 Å². The first-order chi connectivity index (χ1) is 7.59. The third kappa shape index (κ3) is 1.86. The zero-order chi connectivity index (χ0) is 11.7. The van der Waals surface area contributed by atoms with Crippen LogP contribution in [-0.2, 0) is 4.79 Å². The molecule has 0 fully saturated rings. The second kappa shape index (κ2) is 4.09. The summed E-state index contributed by atoms with van der Waals surface area (Å²) in [5, 5.41) is 9.19. The van der Waals surface area contributed by atoms with Crippen molar-refractivity contribution >= 4 is 23.2 Å². The lowest BCUT2D eigenvalue weighted by Crippen LogP contribution is -2.05. The molecule has 0 aromatic carbocycles. The molecule has 0 aliphatic heterocycles. The number of aliphatic carboxylic acids is 1. The Morgan fingerprint density at radius 2 is 2.38 bits per heavy atom. The van der Waals surface area contributed by atoms with Crippen LogP contribution < -0.4 is 0 Å². The predicted octanol–water partition coefficient (Wildman–Crippen LogP) is 1.96. The largest absolute Gasteiger partial charge is 0.481 e. The Labute approximate surface area is 96.7 Å². The molecule has 1 atom stereocenters. The predicted molar refractivity (Wildman–Crippen MR) is 58.7 cm³/mol. The van der Waals surface area contributed by atoms with Crippen molar-refractivity contribution in [1.29, 1.82) is 0 Å². The molecule has 2 rings (SSSR count). The molecule has 6 heteroatoms. The molecule has 1 unspecified atom stereocenters. The van der Waals surface area contributed by atoms with Gasteiger partial charge in [0.2, 0.25) is 0 Å². The van der Waals surface area contributed by atoms with Gasteiger partial charge in [-0.2, -0.15) is 0 Å². The summed E-state index contributed by atoms with van der Waals surface area (Å²) in [5.41, 5.74) is 1.40. The fraction of sp³-hybridized carbons (Fsp3) is 0.300. The molecule has 0 spiro atoms. The van der Waals surface area contributed by atoms with Crippen molar-refractivity contribution < 1.29 is 9.90 Å². The summed E-state index contributed by atoms with van der Waals surface area (Å²) in [4.78, 5) is 18.7. The van der Waals surface area contributed by atoms with E-state index in [1.807, 2.05) is 6.92 Å². The average Bonchev–Trinajstić information content (AvgIpc) is 2.61. The lowest BCUT2D eigenvalue weighted by Gasteiger charge is -2.07. The van der Waals surface area contributed by atoms with Gasteiger partial charge in [0, 0.05) is 17.8 Å². The maximum absolute atomic E-state index is 10.6. The number of carboxylic acids is 1. The molecule has 5 nitrogen and oxygen atoms in total. The molecule has 0 saturated carbocycles. The number of fused-ring (bicyclic) bond motifs is 1. The van der Waals surface area contributed by atoms with Gasteiger partial charge in [0.15, 0.2) is 5.65 Å². The van der Waals surface area contributed by atoms with Gasteiger partial charge in [0.05, 0.1) is 12.6 Å². The molecule has 2 aromatic heterocycles. The summed E-state index contributed by atoms with van der Waals surface area (Å²) >= 11 is 5.92. The van der Waals surface area contributed by atoms with Crippen LogP contribution in [0.15, 0.2) is 18.7 Å². The molecule has 0 aliphatic carbocycles. The summed E-state index contributed by atoms with van der Waals surface area (Å²) in [6.45, 7) is 1.83. The van der Waals surface area contributed by atoms with Gasteiger partial charge in [0.25, 0.3) is 0 Å². The minimum absolute atomic E-state index is 0.0559. The number of hydrogen-bond acceptors (Lipinski definition) is 3. The van der Waals surface area contributed by atoms with Crippen molar-refractivity contribution in [3.05, 3.63) is 29.4 Å². The number of nitrogens with zero attached hydrogens (tertiary/aromatic N) is 3. The van der Waals surface area contributed by atoms with Crippen molar-refractivity contribution in [2.45, 2.75) is 19.3 Å². The standard InChI is InChI=1S/C10H10ClN3O2/c1-6(2-9(15)16)8-4-13-10-7(11)3-12-5-14(8)10/h3-6H,2H2,1H3,(H,15,16). The lowest BCUT2D eigenvalue weighted by atomic mass is 10.1. The average molecular weight is 240 g/mol. The van der Waals surface area contributed by atoms with E-state index in [-0.39, 0.29) is 12.3 Å². The Hall–Kier alpha value is -1.62. The van der Waals surface area contributed by atoms with Crippen LogP contribution in [0.4, 0.5) is 0 Å². The summed E-state index contributed by atoms with van der Waals surface area (Å²) in [5.74, 6) is -0.967. The van der Waals surface area contributed by atoms with Crippen LogP contribution in [0.3, 0.4) is 0 Å². The summed E-state index contributed by atoms with van der Waals surface area (Å²) < 4.78 is 1.72. The number of hydrogen-bond donors (Lipinski definition) is 1. The third-order valence-corrected chi connectivity index (χ3v) is 2.66. The normalized spacial score (nSPS) is 12.9. The topological polar surface area (TPSA) is 67.5 Å². The molecule has 2 aromatic rings. The Balaban J connectivity index is 2.46. The monoisotopic (exact) mass is 239 g/mol. The van der Waals surface area contributed by atoms with Gasteiger partial charge < -0.3 is 5.11 Å². The maximum Gasteiger partial charge on any atom is 0.304 e. The Kier molecular flexibility index (Phi) is 2.78. The molecule has 84 valence electrons. The van der Waals surface area contributed by atoms with E-state index in [4.69, 9.17) is 16.7 Å². The number of imidazole rings is 1. The van der Waals surface area contributed by atoms with Crippen molar-refractivity contribution in [3.63, 3.8) is 0 Å². The second-order valence-electron chi connectivity index (χ2n) is 3.62. The van der Waals surface area contributed by atoms with Gasteiger partial charge in [-0.3, -0.25) is 9.20 Å². The van der Waals surface area contributed by atoms with Crippen molar-refractivity contribution in [1.82, 2.24) is 14.4 Å². The van der Waals surface area contributed by atoms with Crippen molar-refractivity contribution in [2.75, 3.05) is 0 Å². The third-order valence-electron chi connectivity index (χ3n) is 2.39. The summed E-state index contributed by atoms with van der Waals surface area (Å²) in [7, 11) is 0. The highest BCUT2D eigenvalue weighted by Gasteiger charge is 2.15. The van der Waals surface area contributed by atoms with E-state index in [0.717, 1.165) is 5.69 Å². The number of halogens is 1. The molecule has 16 heavy (non-hydrogen) atoms. The molecular formula is C10H10ClN3O2. The van der Waals surface area contributed by atoms with Gasteiger partial charge in [-0.25, -0.2) is 9.97 Å². The zero-order valence-corrected chi connectivity index (χ0v) is 9.35. The minimum Gasteiger partial charge on any atom is -0.481 e. The van der Waals surface area contributed by atoms with Gasteiger partial charge in [-0.05, 0) is 0 Å². The van der Waals surface area contributed by atoms with Crippen LogP contribution in [0.25, 0.3) is 5.65 Å². The fourth-order valence-corrected chi connectivity index (χ4v) is 1.82. The summed E-state index contributed by atoms with van der Waals surface area (Å²) in [6.07, 6.45) is 4.79. The first kappa shape index (κ1) is 10.9. The number of carboxylic acid groups (broad SMARTS) is 1. The quantitative estimate of drug-likeness (QED) is 0.889. The van der Waals surface area contributed by atoms with Crippen LogP contribution in [0.5, 0.6) is 0 Å². The number of carbonyl (C=O) groups is 1. The molecular weight excluding hydrogens is 230 g/mol. The lowest BCUT2D eigenvalue weighted by molar-refractivity contribution is -0.137. The van der Waals surface area contributed by atoms with Crippen LogP contribution in [0.1, 0.15) is 25.0 Å². The van der Waals surface area contributed by atoms with Crippen molar-refractivity contribution in [2.24, 2.45) is 0 Å². The van der Waals surface area contributed by atoms with Gasteiger partial charge in [0.1, 0.15) is 11.3 Å². The van der Waals surface area contributed by atoms with E-state index < -0.39 is 5.97 Å². The molecule has 0 aliphatic rings. The SMILES string of the molecule is CC(CC(=O)O)c1cnc2c(Cl)cncn12. The Bertz CT molecular complexity index is 538. The van der Waals surface area contributed by atoms with Gasteiger partial charge >= 0.3 is 5.97 Å². The smallest absolute Gasteiger partial charge is 0.304 e. The molecule has 1 N–H and O–H groups in total.